The van der Waals surface area contributed by atoms with Gasteiger partial charge in [0.05, 0.1) is 0 Å². The molecule has 3 aromatic carbocycles. The lowest BCUT2D eigenvalue weighted by atomic mass is 10.1. The highest BCUT2D eigenvalue weighted by molar-refractivity contribution is 7.80. The first-order valence-electron chi connectivity index (χ1n) is 13.6. The monoisotopic (exact) mass is 602 g/mol. The molecule has 218 valence electrons. The van der Waals surface area contributed by atoms with Crippen LogP contribution in [0.3, 0.4) is 0 Å². The van der Waals surface area contributed by atoms with Gasteiger partial charge in [0.15, 0.2) is 10.2 Å². The predicted octanol–water partition coefficient (Wildman–Crippen LogP) is 3.36. The second-order valence-electron chi connectivity index (χ2n) is 10.3. The van der Waals surface area contributed by atoms with Crippen LogP contribution in [0.1, 0.15) is 46.5 Å². The van der Waals surface area contributed by atoms with Crippen molar-refractivity contribution in [1.29, 1.82) is 0 Å². The fourth-order valence-corrected chi connectivity index (χ4v) is 5.57. The summed E-state index contributed by atoms with van der Waals surface area (Å²) in [5, 5.41) is 15.0. The Morgan fingerprint density at radius 2 is 1.17 bits per heavy atom. The van der Waals surface area contributed by atoms with Crippen LogP contribution in [0.25, 0.3) is 0 Å². The minimum Gasteiger partial charge on any atom is -0.376 e. The topological polar surface area (TPSA) is 137 Å². The molecule has 0 heterocycles. The molecule has 0 saturated carbocycles. The highest BCUT2D eigenvalue weighted by Gasteiger charge is 2.23. The Morgan fingerprint density at radius 3 is 1.64 bits per heavy atom. The predicted molar refractivity (Wildman–Crippen MR) is 173 cm³/mol. The molecule has 0 aromatic heterocycles. The van der Waals surface area contributed by atoms with Crippen molar-refractivity contribution in [2.45, 2.75) is 51.6 Å². The maximum atomic E-state index is 12.1. The van der Waals surface area contributed by atoms with Gasteiger partial charge in [-0.15, -0.1) is 0 Å². The Morgan fingerprint density at radius 1 is 0.690 bits per heavy atom. The third-order valence-electron chi connectivity index (χ3n) is 6.88. The van der Waals surface area contributed by atoms with Crippen LogP contribution >= 0.6 is 24.4 Å². The molecule has 2 aliphatic carbocycles. The summed E-state index contributed by atoms with van der Waals surface area (Å²) < 4.78 is 0. The van der Waals surface area contributed by atoms with E-state index < -0.39 is 0 Å². The molecule has 2 aliphatic rings. The summed E-state index contributed by atoms with van der Waals surface area (Å²) in [4.78, 5) is 34.3. The number of nitrogens with two attached hydrogens (primary N) is 1. The van der Waals surface area contributed by atoms with E-state index in [1.807, 2.05) is 36.4 Å². The van der Waals surface area contributed by atoms with Crippen LogP contribution in [0.2, 0.25) is 0 Å². The van der Waals surface area contributed by atoms with Gasteiger partial charge in [0.25, 0.3) is 5.91 Å². The van der Waals surface area contributed by atoms with E-state index in [1.165, 1.54) is 29.2 Å². The maximum absolute atomic E-state index is 12.1. The van der Waals surface area contributed by atoms with E-state index in [9.17, 15) is 14.4 Å². The van der Waals surface area contributed by atoms with Crippen LogP contribution in [0.15, 0.2) is 66.7 Å². The lowest BCUT2D eigenvalue weighted by molar-refractivity contribution is -0.120. The van der Waals surface area contributed by atoms with Crippen LogP contribution in [0.4, 0.5) is 11.4 Å². The number of fused-ring (bicyclic) bond motifs is 2. The molecule has 5 rings (SSSR count). The van der Waals surface area contributed by atoms with Crippen LogP contribution in [-0.4, -0.2) is 40.0 Å². The van der Waals surface area contributed by atoms with Crippen LogP contribution in [0, 0.1) is 0 Å². The standard InChI is InChI=1S/C19H19N3O2S.C12H15N3OS/c1-12(23)20-17-9-14-7-8-16(10-15(14)11-17)21-19(25)22-18(24)13-5-3-2-4-6-13;1-7(16)14-11-4-8-2-3-10(15-12(13)17)5-9(8)6-11/h2-8,10,17H,9,11H2,1H3,(H,20,23)(H2,21,22,24,25);2-3,5,11H,4,6H2,1H3,(H,14,16)(H3,13,15,17). The average Bonchev–Trinajstić information content (AvgIpc) is 3.50. The number of hydrogen-bond acceptors (Lipinski definition) is 5. The molecule has 0 spiro atoms. The number of anilines is 2. The van der Waals surface area contributed by atoms with E-state index >= 15 is 0 Å². The average molecular weight is 603 g/mol. The molecule has 9 nitrogen and oxygen atoms in total. The van der Waals surface area contributed by atoms with Crippen molar-refractivity contribution in [2.75, 3.05) is 10.6 Å². The molecule has 0 saturated heterocycles. The number of carbonyl (C=O) groups is 3. The van der Waals surface area contributed by atoms with E-state index in [0.717, 1.165) is 37.1 Å². The van der Waals surface area contributed by atoms with Gasteiger partial charge in [-0.25, -0.2) is 0 Å². The van der Waals surface area contributed by atoms with Gasteiger partial charge >= 0.3 is 0 Å². The third kappa shape index (κ3) is 8.82. The molecule has 0 radical (unpaired) electrons. The van der Waals surface area contributed by atoms with Crippen molar-refractivity contribution in [2.24, 2.45) is 5.73 Å². The van der Waals surface area contributed by atoms with Gasteiger partial charge < -0.3 is 27.0 Å². The Kier molecular flexibility index (Phi) is 10.2. The van der Waals surface area contributed by atoms with Crippen molar-refractivity contribution in [3.63, 3.8) is 0 Å². The first kappa shape index (κ1) is 30.6. The molecule has 2 atom stereocenters. The third-order valence-corrected chi connectivity index (χ3v) is 7.19. The fraction of sp³-hybridized carbons (Fsp3) is 0.258. The molecule has 3 amide bonds. The maximum Gasteiger partial charge on any atom is 0.257 e. The van der Waals surface area contributed by atoms with E-state index in [0.29, 0.717) is 5.56 Å². The lowest BCUT2D eigenvalue weighted by Gasteiger charge is -2.11. The largest absolute Gasteiger partial charge is 0.376 e. The van der Waals surface area contributed by atoms with E-state index in [1.54, 1.807) is 31.2 Å². The molecule has 0 fully saturated rings. The van der Waals surface area contributed by atoms with Gasteiger partial charge in [-0.2, -0.15) is 0 Å². The Hall–Kier alpha value is -4.35. The number of benzene rings is 3. The van der Waals surface area contributed by atoms with Crippen molar-refractivity contribution >= 4 is 63.8 Å². The van der Waals surface area contributed by atoms with Gasteiger partial charge in [-0.05, 0) is 109 Å². The molecular weight excluding hydrogens is 569 g/mol. The number of carbonyl (C=O) groups excluding carboxylic acids is 3. The first-order valence-corrected chi connectivity index (χ1v) is 14.4. The minimum atomic E-state index is -0.245. The van der Waals surface area contributed by atoms with Gasteiger partial charge in [-0.1, -0.05) is 30.3 Å². The summed E-state index contributed by atoms with van der Waals surface area (Å²) in [7, 11) is 0. The summed E-state index contributed by atoms with van der Waals surface area (Å²) in [5.74, 6) is -0.241. The van der Waals surface area contributed by atoms with Crippen molar-refractivity contribution in [3.05, 3.63) is 94.5 Å². The Bertz CT molecular complexity index is 1510. The normalized spacial score (nSPS) is 16.0. The Labute approximate surface area is 256 Å². The number of hydrogen-bond donors (Lipinski definition) is 6. The van der Waals surface area contributed by atoms with Crippen molar-refractivity contribution in [3.8, 4) is 0 Å². The second kappa shape index (κ2) is 14.0. The van der Waals surface area contributed by atoms with E-state index in [4.69, 9.17) is 30.2 Å². The van der Waals surface area contributed by atoms with Crippen LogP contribution < -0.4 is 32.3 Å². The number of nitrogens with one attached hydrogen (secondary N) is 5. The molecule has 2 unspecified atom stereocenters. The van der Waals surface area contributed by atoms with Gasteiger partial charge in [0.2, 0.25) is 11.8 Å². The molecule has 42 heavy (non-hydrogen) atoms. The molecule has 0 aliphatic heterocycles. The first-order chi connectivity index (χ1) is 20.0. The van der Waals surface area contributed by atoms with Crippen LogP contribution in [0.5, 0.6) is 0 Å². The molecule has 11 heteroatoms. The summed E-state index contributed by atoms with van der Waals surface area (Å²) in [6.45, 7) is 3.08. The summed E-state index contributed by atoms with van der Waals surface area (Å²) in [6.07, 6.45) is 3.39. The zero-order chi connectivity index (χ0) is 30.2. The number of amides is 3. The van der Waals surface area contributed by atoms with Gasteiger partial charge in [0.1, 0.15) is 0 Å². The molecule has 7 N–H and O–H groups in total. The van der Waals surface area contributed by atoms with Gasteiger partial charge in [0, 0.05) is 42.9 Å². The molecule has 3 aromatic rings. The van der Waals surface area contributed by atoms with E-state index in [-0.39, 0.29) is 40.0 Å². The van der Waals surface area contributed by atoms with E-state index in [2.05, 4.69) is 32.7 Å². The molecule has 0 bridgehead atoms. The summed E-state index contributed by atoms with van der Waals surface area (Å²) in [5.41, 5.74) is 12.6. The summed E-state index contributed by atoms with van der Waals surface area (Å²) in [6, 6.07) is 21.3. The molecular formula is C31H34N6O3S2. The quantitative estimate of drug-likeness (QED) is 0.245. The minimum absolute atomic E-state index is 0.0130. The van der Waals surface area contributed by atoms with Crippen LogP contribution in [-0.2, 0) is 35.3 Å². The lowest BCUT2D eigenvalue weighted by Crippen LogP contribution is -2.34. The second-order valence-corrected chi connectivity index (χ2v) is 11.2. The van der Waals surface area contributed by atoms with Crippen molar-refractivity contribution in [1.82, 2.24) is 16.0 Å². The zero-order valence-electron chi connectivity index (χ0n) is 23.5. The summed E-state index contributed by atoms with van der Waals surface area (Å²) >= 11 is 10.0. The fourth-order valence-electron chi connectivity index (χ4n) is 5.24. The highest BCUT2D eigenvalue weighted by Crippen LogP contribution is 2.26. The van der Waals surface area contributed by atoms with Crippen molar-refractivity contribution < 1.29 is 14.4 Å². The highest BCUT2D eigenvalue weighted by atomic mass is 32.1. The smallest absolute Gasteiger partial charge is 0.257 e. The number of rotatable bonds is 5. The Balaban J connectivity index is 0.000000208. The SMILES string of the molecule is CC(=O)NC1Cc2ccc(NC(=S)NC(=O)c3ccccc3)cc2C1.CC(=O)NC1Cc2ccc(NC(N)=S)cc2C1. The number of thiocarbonyl (C=S) groups is 2. The van der Waals surface area contributed by atoms with Gasteiger partial charge in [-0.3, -0.25) is 19.7 Å². The zero-order valence-corrected chi connectivity index (χ0v) is 25.1.